The van der Waals surface area contributed by atoms with Gasteiger partial charge in [-0.15, -0.1) is 0 Å². The van der Waals surface area contributed by atoms with Crippen molar-refractivity contribution in [3.05, 3.63) is 0 Å². The van der Waals surface area contributed by atoms with Crippen LogP contribution < -0.4 is 5.32 Å². The maximum atomic E-state index is 11.1. The largest absolute Gasteiger partial charge is 0.480 e. The van der Waals surface area contributed by atoms with Gasteiger partial charge in [0.15, 0.2) is 0 Å². The summed E-state index contributed by atoms with van der Waals surface area (Å²) in [7, 11) is 0. The molecule has 6 nitrogen and oxygen atoms in total. The number of hydrogen-bond acceptors (Lipinski definition) is 4. The van der Waals surface area contributed by atoms with Crippen LogP contribution in [0, 0.1) is 11.3 Å². The SMILES string of the molecule is N#CCCCN1CC(=O)NCC1C(=O)O. The molecule has 2 N–H and O–H groups in total. The number of nitrogens with one attached hydrogen (secondary N) is 1. The van der Waals surface area contributed by atoms with Crippen LogP contribution in [-0.4, -0.2) is 47.6 Å². The minimum atomic E-state index is -0.938. The lowest BCUT2D eigenvalue weighted by Gasteiger charge is -2.32. The van der Waals surface area contributed by atoms with Gasteiger partial charge in [0.1, 0.15) is 6.04 Å². The number of rotatable bonds is 4. The first-order valence-electron chi connectivity index (χ1n) is 4.75. The summed E-state index contributed by atoms with van der Waals surface area (Å²) in [6, 6.07) is 1.32. The summed E-state index contributed by atoms with van der Waals surface area (Å²) in [6.45, 7) is 0.709. The van der Waals surface area contributed by atoms with Crippen molar-refractivity contribution in [3.63, 3.8) is 0 Å². The van der Waals surface area contributed by atoms with Crippen LogP contribution in [0.5, 0.6) is 0 Å². The van der Waals surface area contributed by atoms with Gasteiger partial charge in [0, 0.05) is 19.5 Å². The Morgan fingerprint density at radius 3 is 3.07 bits per heavy atom. The topological polar surface area (TPSA) is 93.4 Å². The fourth-order valence-electron chi connectivity index (χ4n) is 1.53. The molecule has 0 aliphatic carbocycles. The first-order valence-corrected chi connectivity index (χ1v) is 4.75. The van der Waals surface area contributed by atoms with E-state index in [2.05, 4.69) is 5.32 Å². The van der Waals surface area contributed by atoms with Crippen LogP contribution in [0.2, 0.25) is 0 Å². The molecule has 6 heteroatoms. The van der Waals surface area contributed by atoms with Gasteiger partial charge in [0.2, 0.25) is 5.91 Å². The highest BCUT2D eigenvalue weighted by molar-refractivity contribution is 5.83. The fraction of sp³-hybridized carbons (Fsp3) is 0.667. The molecule has 1 aliphatic heterocycles. The van der Waals surface area contributed by atoms with Gasteiger partial charge in [-0.3, -0.25) is 14.5 Å². The van der Waals surface area contributed by atoms with Gasteiger partial charge in [-0.1, -0.05) is 0 Å². The van der Waals surface area contributed by atoms with Crippen molar-refractivity contribution in [1.29, 1.82) is 5.26 Å². The highest BCUT2D eigenvalue weighted by Gasteiger charge is 2.31. The molecular formula is C9H13N3O3. The third kappa shape index (κ3) is 3.22. The molecule has 1 saturated heterocycles. The number of hydrogen-bond donors (Lipinski definition) is 2. The molecule has 15 heavy (non-hydrogen) atoms. The molecule has 0 saturated carbocycles. The Hall–Kier alpha value is -1.61. The average Bonchev–Trinajstić information content (AvgIpc) is 2.18. The lowest BCUT2D eigenvalue weighted by Crippen LogP contribution is -2.57. The Balaban J connectivity index is 2.51. The summed E-state index contributed by atoms with van der Waals surface area (Å²) in [5.41, 5.74) is 0. The third-order valence-corrected chi connectivity index (χ3v) is 2.30. The van der Waals surface area contributed by atoms with E-state index in [1.165, 1.54) is 0 Å². The number of unbranched alkanes of at least 4 members (excludes halogenated alkanes) is 1. The first kappa shape index (κ1) is 11.5. The molecule has 1 aliphatic rings. The van der Waals surface area contributed by atoms with Gasteiger partial charge in [-0.2, -0.15) is 5.26 Å². The number of carboxylic acids is 1. The van der Waals surface area contributed by atoms with Gasteiger partial charge in [0.25, 0.3) is 0 Å². The number of piperazine rings is 1. The van der Waals surface area contributed by atoms with E-state index in [4.69, 9.17) is 10.4 Å². The zero-order valence-corrected chi connectivity index (χ0v) is 8.27. The maximum Gasteiger partial charge on any atom is 0.322 e. The molecule has 1 unspecified atom stereocenters. The Bertz CT molecular complexity index is 297. The lowest BCUT2D eigenvalue weighted by atomic mass is 10.1. The number of carbonyl (C=O) groups excluding carboxylic acids is 1. The standard InChI is InChI=1S/C9H13N3O3/c10-3-1-2-4-12-6-8(13)11-5-7(12)9(14)15/h7H,1-2,4-6H2,(H,11,13)(H,14,15). The van der Waals surface area contributed by atoms with E-state index in [9.17, 15) is 9.59 Å². The number of nitriles is 1. The fourth-order valence-corrected chi connectivity index (χ4v) is 1.53. The maximum absolute atomic E-state index is 11.1. The molecule has 0 radical (unpaired) electrons. The van der Waals surface area contributed by atoms with Crippen molar-refractivity contribution >= 4 is 11.9 Å². The van der Waals surface area contributed by atoms with Crippen molar-refractivity contribution in [2.24, 2.45) is 0 Å². The van der Waals surface area contributed by atoms with Gasteiger partial charge in [0.05, 0.1) is 12.6 Å². The van der Waals surface area contributed by atoms with E-state index in [-0.39, 0.29) is 19.0 Å². The van der Waals surface area contributed by atoms with Crippen LogP contribution in [0.15, 0.2) is 0 Å². The number of amides is 1. The normalized spacial score (nSPS) is 21.8. The van der Waals surface area contributed by atoms with Gasteiger partial charge < -0.3 is 10.4 Å². The number of nitrogens with zero attached hydrogens (tertiary/aromatic N) is 2. The van der Waals surface area contributed by atoms with Gasteiger partial charge in [-0.05, 0) is 6.42 Å². The summed E-state index contributed by atoms with van der Waals surface area (Å²) < 4.78 is 0. The van der Waals surface area contributed by atoms with Crippen LogP contribution >= 0.6 is 0 Å². The third-order valence-electron chi connectivity index (χ3n) is 2.30. The summed E-state index contributed by atoms with van der Waals surface area (Å²) >= 11 is 0. The number of carbonyl (C=O) groups is 2. The quantitative estimate of drug-likeness (QED) is 0.592. The van der Waals surface area contributed by atoms with E-state index in [0.717, 1.165) is 0 Å². The smallest absolute Gasteiger partial charge is 0.322 e. The monoisotopic (exact) mass is 211 g/mol. The molecule has 82 valence electrons. The molecule has 1 fully saturated rings. The van der Waals surface area contributed by atoms with Crippen molar-refractivity contribution in [3.8, 4) is 6.07 Å². The van der Waals surface area contributed by atoms with Crippen molar-refractivity contribution in [2.75, 3.05) is 19.6 Å². The van der Waals surface area contributed by atoms with E-state index < -0.39 is 12.0 Å². The molecule has 1 amide bonds. The summed E-state index contributed by atoms with van der Waals surface area (Å²) in [5, 5.41) is 19.8. The van der Waals surface area contributed by atoms with Gasteiger partial charge >= 0.3 is 5.97 Å². The highest BCUT2D eigenvalue weighted by atomic mass is 16.4. The second kappa shape index (κ2) is 5.32. The van der Waals surface area contributed by atoms with Crippen molar-refractivity contribution in [2.45, 2.75) is 18.9 Å². The van der Waals surface area contributed by atoms with Crippen LogP contribution in [-0.2, 0) is 9.59 Å². The van der Waals surface area contributed by atoms with Crippen molar-refractivity contribution in [1.82, 2.24) is 10.2 Å². The Kier molecular flexibility index (Phi) is 4.06. The number of aliphatic carboxylic acids is 1. The molecule has 0 bridgehead atoms. The second-order valence-corrected chi connectivity index (χ2v) is 3.39. The molecular weight excluding hydrogens is 198 g/mol. The van der Waals surface area contributed by atoms with Crippen LogP contribution in [0.3, 0.4) is 0 Å². The summed E-state index contributed by atoms with van der Waals surface area (Å²) in [6.07, 6.45) is 0.970. The van der Waals surface area contributed by atoms with E-state index in [1.807, 2.05) is 6.07 Å². The average molecular weight is 211 g/mol. The van der Waals surface area contributed by atoms with E-state index in [1.54, 1.807) is 4.90 Å². The van der Waals surface area contributed by atoms with Gasteiger partial charge in [-0.25, -0.2) is 0 Å². The Morgan fingerprint density at radius 2 is 2.47 bits per heavy atom. The molecule has 0 aromatic rings. The molecule has 0 aromatic heterocycles. The highest BCUT2D eigenvalue weighted by Crippen LogP contribution is 2.06. The lowest BCUT2D eigenvalue weighted by molar-refractivity contribution is -0.145. The zero-order chi connectivity index (χ0) is 11.3. The summed E-state index contributed by atoms with van der Waals surface area (Å²) in [4.78, 5) is 23.5. The Labute approximate surface area is 87.5 Å². The van der Waals surface area contributed by atoms with E-state index in [0.29, 0.717) is 19.4 Å². The van der Waals surface area contributed by atoms with Crippen LogP contribution in [0.4, 0.5) is 0 Å². The molecule has 0 aromatic carbocycles. The van der Waals surface area contributed by atoms with E-state index >= 15 is 0 Å². The Morgan fingerprint density at radius 1 is 1.73 bits per heavy atom. The molecule has 1 heterocycles. The molecule has 1 rings (SSSR count). The van der Waals surface area contributed by atoms with Crippen LogP contribution in [0.1, 0.15) is 12.8 Å². The zero-order valence-electron chi connectivity index (χ0n) is 8.27. The molecule has 0 spiro atoms. The minimum Gasteiger partial charge on any atom is -0.480 e. The van der Waals surface area contributed by atoms with Crippen molar-refractivity contribution < 1.29 is 14.7 Å². The summed E-state index contributed by atoms with van der Waals surface area (Å²) in [5.74, 6) is -1.10. The first-order chi connectivity index (χ1) is 7.15. The number of carboxylic acid groups (broad SMARTS) is 1. The van der Waals surface area contributed by atoms with Crippen LogP contribution in [0.25, 0.3) is 0 Å². The second-order valence-electron chi connectivity index (χ2n) is 3.39. The minimum absolute atomic E-state index is 0.0996. The molecule has 1 atom stereocenters. The predicted octanol–water partition coefficient (Wildman–Crippen LogP) is -0.825. The predicted molar refractivity (Wildman–Crippen MR) is 50.9 cm³/mol.